The van der Waals surface area contributed by atoms with Crippen molar-refractivity contribution in [3.8, 4) is 11.5 Å². The Morgan fingerprint density at radius 1 is 1.11 bits per heavy atom. The molecule has 1 atom stereocenters. The van der Waals surface area contributed by atoms with Crippen LogP contribution in [0.3, 0.4) is 0 Å². The topological polar surface area (TPSA) is 64.4 Å². The zero-order valence-corrected chi connectivity index (χ0v) is 10.7. The molecule has 0 heterocycles. The van der Waals surface area contributed by atoms with Crippen molar-refractivity contribution < 1.29 is 9.53 Å². The fourth-order valence-electron chi connectivity index (χ4n) is 1.52. The summed E-state index contributed by atoms with van der Waals surface area (Å²) in [5.41, 5.74) is 6.14. The van der Waals surface area contributed by atoms with Gasteiger partial charge in [0.15, 0.2) is 5.75 Å². The number of para-hydroxylation sites is 3. The van der Waals surface area contributed by atoms with Gasteiger partial charge in [-0.3, -0.25) is 4.79 Å². The first-order valence-corrected chi connectivity index (χ1v) is 6.05. The van der Waals surface area contributed by atoms with Gasteiger partial charge < -0.3 is 15.8 Å². The van der Waals surface area contributed by atoms with Crippen LogP contribution in [0.5, 0.6) is 11.5 Å². The van der Waals surface area contributed by atoms with Crippen LogP contribution in [-0.4, -0.2) is 11.9 Å². The highest BCUT2D eigenvalue weighted by molar-refractivity contribution is 5.95. The van der Waals surface area contributed by atoms with Crippen molar-refractivity contribution in [2.75, 3.05) is 5.32 Å². The molecule has 0 aromatic heterocycles. The van der Waals surface area contributed by atoms with Gasteiger partial charge >= 0.3 is 0 Å². The molecule has 98 valence electrons. The fraction of sp³-hybridized carbons (Fsp3) is 0.133. The van der Waals surface area contributed by atoms with Crippen LogP contribution < -0.4 is 15.8 Å². The van der Waals surface area contributed by atoms with E-state index < -0.39 is 6.04 Å². The zero-order chi connectivity index (χ0) is 13.7. The van der Waals surface area contributed by atoms with E-state index in [-0.39, 0.29) is 5.91 Å². The Morgan fingerprint density at radius 3 is 2.42 bits per heavy atom. The van der Waals surface area contributed by atoms with Gasteiger partial charge in [0.2, 0.25) is 5.91 Å². The van der Waals surface area contributed by atoms with Crippen molar-refractivity contribution in [1.29, 1.82) is 0 Å². The lowest BCUT2D eigenvalue weighted by Crippen LogP contribution is -2.32. The van der Waals surface area contributed by atoms with Crippen molar-refractivity contribution >= 4 is 11.6 Å². The molecule has 0 aliphatic rings. The van der Waals surface area contributed by atoms with E-state index in [0.717, 1.165) is 0 Å². The highest BCUT2D eigenvalue weighted by Crippen LogP contribution is 2.28. The normalized spacial score (nSPS) is 11.7. The predicted octanol–water partition coefficient (Wildman–Crippen LogP) is 2.76. The molecule has 0 fully saturated rings. The van der Waals surface area contributed by atoms with E-state index in [1.165, 1.54) is 0 Å². The SMILES string of the molecule is CC(N)C(=O)Nc1ccccc1Oc1ccccc1. The minimum absolute atomic E-state index is 0.246. The van der Waals surface area contributed by atoms with Gasteiger partial charge in [-0.2, -0.15) is 0 Å². The summed E-state index contributed by atoms with van der Waals surface area (Å²) < 4.78 is 5.73. The molecule has 1 amide bonds. The molecule has 0 bridgehead atoms. The maximum atomic E-state index is 11.6. The molecule has 0 aliphatic heterocycles. The van der Waals surface area contributed by atoms with Gasteiger partial charge in [-0.25, -0.2) is 0 Å². The molecule has 2 aromatic rings. The second kappa shape index (κ2) is 6.02. The van der Waals surface area contributed by atoms with E-state index in [1.807, 2.05) is 42.5 Å². The highest BCUT2D eigenvalue weighted by atomic mass is 16.5. The van der Waals surface area contributed by atoms with Gasteiger partial charge in [-0.15, -0.1) is 0 Å². The van der Waals surface area contributed by atoms with Gasteiger partial charge in [0, 0.05) is 0 Å². The summed E-state index contributed by atoms with van der Waals surface area (Å²) in [6.45, 7) is 1.63. The molecule has 0 saturated carbocycles. The van der Waals surface area contributed by atoms with Crippen LogP contribution in [0.15, 0.2) is 54.6 Å². The lowest BCUT2D eigenvalue weighted by molar-refractivity contribution is -0.117. The van der Waals surface area contributed by atoms with Gasteiger partial charge in [0.05, 0.1) is 11.7 Å². The summed E-state index contributed by atoms with van der Waals surface area (Å²) in [6.07, 6.45) is 0. The molecule has 4 heteroatoms. The van der Waals surface area contributed by atoms with Gasteiger partial charge in [0.1, 0.15) is 5.75 Å². The Morgan fingerprint density at radius 2 is 1.74 bits per heavy atom. The number of anilines is 1. The molecular weight excluding hydrogens is 240 g/mol. The maximum absolute atomic E-state index is 11.6. The van der Waals surface area contributed by atoms with Crippen molar-refractivity contribution in [1.82, 2.24) is 0 Å². The summed E-state index contributed by atoms with van der Waals surface area (Å²) in [7, 11) is 0. The number of ether oxygens (including phenoxy) is 1. The smallest absolute Gasteiger partial charge is 0.241 e. The summed E-state index contributed by atoms with van der Waals surface area (Å²) in [5, 5.41) is 2.74. The van der Waals surface area contributed by atoms with E-state index in [9.17, 15) is 4.79 Å². The molecule has 1 unspecified atom stereocenters. The van der Waals surface area contributed by atoms with Crippen molar-refractivity contribution in [2.24, 2.45) is 5.73 Å². The largest absolute Gasteiger partial charge is 0.455 e. The Hall–Kier alpha value is -2.33. The zero-order valence-electron chi connectivity index (χ0n) is 10.7. The Labute approximate surface area is 112 Å². The number of nitrogens with two attached hydrogens (primary N) is 1. The summed E-state index contributed by atoms with van der Waals surface area (Å²) in [5.74, 6) is 1.05. The molecule has 3 N–H and O–H groups in total. The third-order valence-electron chi connectivity index (χ3n) is 2.53. The number of nitrogens with one attached hydrogen (secondary N) is 1. The van der Waals surface area contributed by atoms with Crippen molar-refractivity contribution in [3.05, 3.63) is 54.6 Å². The van der Waals surface area contributed by atoms with E-state index in [0.29, 0.717) is 17.2 Å². The molecule has 0 aliphatic carbocycles. The standard InChI is InChI=1S/C15H16N2O2/c1-11(16)15(18)17-13-9-5-6-10-14(13)19-12-7-3-2-4-8-12/h2-11H,16H2,1H3,(H,17,18). The minimum atomic E-state index is -0.565. The van der Waals surface area contributed by atoms with Gasteiger partial charge in [-0.1, -0.05) is 30.3 Å². The van der Waals surface area contributed by atoms with Crippen LogP contribution in [0, 0.1) is 0 Å². The Bertz CT molecular complexity index is 553. The number of amides is 1. The van der Waals surface area contributed by atoms with Crippen LogP contribution in [0.1, 0.15) is 6.92 Å². The number of carbonyl (C=O) groups is 1. The lowest BCUT2D eigenvalue weighted by atomic mass is 10.2. The van der Waals surface area contributed by atoms with Crippen molar-refractivity contribution in [2.45, 2.75) is 13.0 Å². The second-order valence-corrected chi connectivity index (χ2v) is 4.19. The fourth-order valence-corrected chi connectivity index (χ4v) is 1.52. The van der Waals surface area contributed by atoms with E-state index >= 15 is 0 Å². The number of rotatable bonds is 4. The monoisotopic (exact) mass is 256 g/mol. The first-order chi connectivity index (χ1) is 9.16. The summed E-state index contributed by atoms with van der Waals surface area (Å²) in [4.78, 5) is 11.6. The van der Waals surface area contributed by atoms with Crippen LogP contribution in [0.2, 0.25) is 0 Å². The van der Waals surface area contributed by atoms with Gasteiger partial charge in [0.25, 0.3) is 0 Å². The number of benzene rings is 2. The van der Waals surface area contributed by atoms with Crippen molar-refractivity contribution in [3.63, 3.8) is 0 Å². The highest BCUT2D eigenvalue weighted by Gasteiger charge is 2.11. The second-order valence-electron chi connectivity index (χ2n) is 4.19. The maximum Gasteiger partial charge on any atom is 0.241 e. The molecule has 0 spiro atoms. The molecule has 19 heavy (non-hydrogen) atoms. The number of hydrogen-bond donors (Lipinski definition) is 2. The lowest BCUT2D eigenvalue weighted by Gasteiger charge is -2.13. The summed E-state index contributed by atoms with van der Waals surface area (Å²) in [6, 6.07) is 16.1. The number of carbonyl (C=O) groups excluding carboxylic acids is 1. The average Bonchev–Trinajstić information content (AvgIpc) is 2.42. The average molecular weight is 256 g/mol. The first-order valence-electron chi connectivity index (χ1n) is 6.05. The molecule has 2 rings (SSSR count). The Kier molecular flexibility index (Phi) is 4.15. The minimum Gasteiger partial charge on any atom is -0.455 e. The molecule has 4 nitrogen and oxygen atoms in total. The molecule has 2 aromatic carbocycles. The van der Waals surface area contributed by atoms with E-state index in [1.54, 1.807) is 19.1 Å². The molecule has 0 saturated heterocycles. The first kappa shape index (κ1) is 13.1. The molecule has 0 radical (unpaired) electrons. The quantitative estimate of drug-likeness (QED) is 0.884. The van der Waals surface area contributed by atoms with Crippen LogP contribution in [0.25, 0.3) is 0 Å². The predicted molar refractivity (Wildman–Crippen MR) is 75.2 cm³/mol. The van der Waals surface area contributed by atoms with Crippen LogP contribution in [-0.2, 0) is 4.79 Å². The Balaban J connectivity index is 2.19. The van der Waals surface area contributed by atoms with Gasteiger partial charge in [-0.05, 0) is 31.2 Å². The third kappa shape index (κ3) is 3.56. The third-order valence-corrected chi connectivity index (χ3v) is 2.53. The van der Waals surface area contributed by atoms with Crippen LogP contribution in [0.4, 0.5) is 5.69 Å². The van der Waals surface area contributed by atoms with E-state index in [4.69, 9.17) is 10.5 Å². The summed E-state index contributed by atoms with van der Waals surface area (Å²) >= 11 is 0. The molecular formula is C15H16N2O2. The number of hydrogen-bond acceptors (Lipinski definition) is 3. The van der Waals surface area contributed by atoms with E-state index in [2.05, 4.69) is 5.32 Å². The van der Waals surface area contributed by atoms with Crippen LogP contribution >= 0.6 is 0 Å².